The first-order valence-electron chi connectivity index (χ1n) is 23.9. The summed E-state index contributed by atoms with van der Waals surface area (Å²) in [4.78, 5) is 35.4. The second-order valence-corrected chi connectivity index (χ2v) is 19.0. The zero-order valence-electron chi connectivity index (χ0n) is 38.1. The Morgan fingerprint density at radius 2 is 0.895 bits per heavy atom. The number of carbonyl (C=O) groups excluding carboxylic acids is 2. The molecule has 9 nitrogen and oxygen atoms in total. The van der Waals surface area contributed by atoms with Crippen LogP contribution in [0.3, 0.4) is 0 Å². The van der Waals surface area contributed by atoms with Crippen LogP contribution in [0.4, 0.5) is 0 Å². The van der Waals surface area contributed by atoms with E-state index in [2.05, 4.69) is 26.0 Å². The second-order valence-electron chi connectivity index (χ2n) is 17.5. The third-order valence-electron chi connectivity index (χ3n) is 10.5. The van der Waals surface area contributed by atoms with Crippen LogP contribution in [0.1, 0.15) is 226 Å². The molecule has 0 aromatic heterocycles. The fourth-order valence-electron chi connectivity index (χ4n) is 6.77. The van der Waals surface area contributed by atoms with Crippen molar-refractivity contribution < 1.29 is 42.1 Å². The number of hydrogen-bond donors (Lipinski definition) is 1. The molecule has 10 heteroatoms. The van der Waals surface area contributed by atoms with Gasteiger partial charge >= 0.3 is 19.8 Å². The molecule has 0 saturated heterocycles. The molecule has 0 aromatic carbocycles. The number of nitrogens with zero attached hydrogens (tertiary/aromatic N) is 1. The summed E-state index contributed by atoms with van der Waals surface area (Å²) in [5, 5.41) is 0. The summed E-state index contributed by atoms with van der Waals surface area (Å²) < 4.78 is 34.4. The van der Waals surface area contributed by atoms with Crippen LogP contribution in [0, 0.1) is 0 Å². The quantitative estimate of drug-likeness (QED) is 0.0213. The van der Waals surface area contributed by atoms with Gasteiger partial charge in [0.2, 0.25) is 0 Å². The molecule has 2 atom stereocenters. The topological polar surface area (TPSA) is 108 Å². The molecule has 338 valence electrons. The summed E-state index contributed by atoms with van der Waals surface area (Å²) >= 11 is 0. The molecule has 1 unspecified atom stereocenters. The number of allylic oxidation sites excluding steroid dienone is 2. The molecule has 0 aliphatic rings. The number of quaternary nitrogens is 1. The van der Waals surface area contributed by atoms with E-state index in [4.69, 9.17) is 18.5 Å². The van der Waals surface area contributed by atoms with Gasteiger partial charge in [0, 0.05) is 12.8 Å². The Balaban J connectivity index is 4.27. The predicted octanol–water partition coefficient (Wildman–Crippen LogP) is 13.8. The van der Waals surface area contributed by atoms with Crippen molar-refractivity contribution in [1.82, 2.24) is 0 Å². The van der Waals surface area contributed by atoms with Gasteiger partial charge in [0.15, 0.2) is 6.10 Å². The largest absolute Gasteiger partial charge is 0.472 e. The fourth-order valence-corrected chi connectivity index (χ4v) is 7.52. The van der Waals surface area contributed by atoms with E-state index in [-0.39, 0.29) is 32.0 Å². The van der Waals surface area contributed by atoms with Crippen molar-refractivity contribution >= 4 is 19.8 Å². The average Bonchev–Trinajstić information content (AvgIpc) is 3.16. The van der Waals surface area contributed by atoms with Gasteiger partial charge in [-0.1, -0.05) is 187 Å². The smallest absolute Gasteiger partial charge is 0.462 e. The molecule has 0 aliphatic carbocycles. The van der Waals surface area contributed by atoms with Crippen LogP contribution in [0.2, 0.25) is 0 Å². The highest BCUT2D eigenvalue weighted by Gasteiger charge is 2.27. The van der Waals surface area contributed by atoms with Gasteiger partial charge in [-0.15, -0.1) is 0 Å². The number of hydrogen-bond acceptors (Lipinski definition) is 7. The lowest BCUT2D eigenvalue weighted by Crippen LogP contribution is -2.37. The molecule has 0 aliphatic heterocycles. The molecule has 0 fully saturated rings. The zero-order valence-corrected chi connectivity index (χ0v) is 39.0. The van der Waals surface area contributed by atoms with Gasteiger partial charge in [0.05, 0.1) is 27.7 Å². The lowest BCUT2D eigenvalue weighted by Gasteiger charge is -2.24. The van der Waals surface area contributed by atoms with Gasteiger partial charge < -0.3 is 18.9 Å². The lowest BCUT2D eigenvalue weighted by molar-refractivity contribution is -0.870. The number of likely N-dealkylation sites (N-methyl/N-ethyl adjacent to an activating group) is 1. The molecule has 0 spiro atoms. The highest BCUT2D eigenvalue weighted by atomic mass is 31.2. The van der Waals surface area contributed by atoms with Crippen LogP contribution < -0.4 is 0 Å². The highest BCUT2D eigenvalue weighted by molar-refractivity contribution is 7.47. The van der Waals surface area contributed by atoms with E-state index >= 15 is 0 Å². The minimum atomic E-state index is -4.37. The predicted molar refractivity (Wildman–Crippen MR) is 238 cm³/mol. The number of phosphoric ester groups is 1. The number of ether oxygens (including phenoxy) is 2. The Labute approximate surface area is 352 Å². The van der Waals surface area contributed by atoms with Crippen molar-refractivity contribution in [2.45, 2.75) is 232 Å². The van der Waals surface area contributed by atoms with Crippen LogP contribution in [-0.2, 0) is 32.7 Å². The molecule has 0 aromatic rings. The van der Waals surface area contributed by atoms with Crippen LogP contribution in [0.25, 0.3) is 0 Å². The summed E-state index contributed by atoms with van der Waals surface area (Å²) in [5.74, 6) is -0.796. The first-order chi connectivity index (χ1) is 27.5. The maximum atomic E-state index is 12.7. The van der Waals surface area contributed by atoms with Crippen molar-refractivity contribution in [3.8, 4) is 0 Å². The van der Waals surface area contributed by atoms with Crippen LogP contribution >= 0.6 is 7.82 Å². The molecular formula is C47H93NO8P+. The van der Waals surface area contributed by atoms with Gasteiger partial charge in [0.25, 0.3) is 0 Å². The van der Waals surface area contributed by atoms with Crippen molar-refractivity contribution in [3.05, 3.63) is 12.2 Å². The number of esters is 2. The van der Waals surface area contributed by atoms with E-state index in [1.165, 1.54) is 141 Å². The van der Waals surface area contributed by atoms with E-state index in [1.54, 1.807) is 0 Å². The Morgan fingerprint density at radius 1 is 0.526 bits per heavy atom. The number of rotatable bonds is 44. The molecule has 0 rings (SSSR count). The van der Waals surface area contributed by atoms with Crippen molar-refractivity contribution in [2.75, 3.05) is 47.5 Å². The third kappa shape index (κ3) is 44.1. The fraction of sp³-hybridized carbons (Fsp3) is 0.915. The molecule has 1 N–H and O–H groups in total. The SMILES string of the molecule is CCCCCCC/C=C/CCCCCCCC(=O)OC[C@H](COP(=O)(O)OCC[N+](C)(C)C)OC(=O)CCCCCCCCCCCCCCCCCCCCC. The van der Waals surface area contributed by atoms with Gasteiger partial charge in [-0.25, -0.2) is 4.57 Å². The Bertz CT molecular complexity index is 985. The summed E-state index contributed by atoms with van der Waals surface area (Å²) in [7, 11) is 1.48. The van der Waals surface area contributed by atoms with Gasteiger partial charge in [-0.3, -0.25) is 18.6 Å². The lowest BCUT2D eigenvalue weighted by atomic mass is 10.0. The summed E-state index contributed by atoms with van der Waals surface area (Å²) in [5.41, 5.74) is 0. The zero-order chi connectivity index (χ0) is 42.1. The van der Waals surface area contributed by atoms with Gasteiger partial charge in [-0.2, -0.15) is 0 Å². The molecule has 0 radical (unpaired) electrons. The summed E-state index contributed by atoms with van der Waals surface area (Å²) in [6.45, 7) is 4.44. The average molecular weight is 831 g/mol. The second kappa shape index (κ2) is 40.2. The minimum Gasteiger partial charge on any atom is -0.462 e. The summed E-state index contributed by atoms with van der Waals surface area (Å²) in [6.07, 6.45) is 42.6. The Hall–Kier alpha value is -1.25. The van der Waals surface area contributed by atoms with Crippen molar-refractivity contribution in [1.29, 1.82) is 0 Å². The maximum Gasteiger partial charge on any atom is 0.472 e. The van der Waals surface area contributed by atoms with E-state index in [0.717, 1.165) is 51.4 Å². The Morgan fingerprint density at radius 3 is 1.30 bits per heavy atom. The van der Waals surface area contributed by atoms with Crippen LogP contribution in [-0.4, -0.2) is 74.9 Å². The first-order valence-corrected chi connectivity index (χ1v) is 25.4. The molecular weight excluding hydrogens is 737 g/mol. The highest BCUT2D eigenvalue weighted by Crippen LogP contribution is 2.43. The van der Waals surface area contributed by atoms with Crippen LogP contribution in [0.5, 0.6) is 0 Å². The van der Waals surface area contributed by atoms with E-state index in [9.17, 15) is 19.0 Å². The van der Waals surface area contributed by atoms with Gasteiger partial charge in [0.1, 0.15) is 19.8 Å². The molecule has 0 heterocycles. The van der Waals surface area contributed by atoms with Crippen LogP contribution in [0.15, 0.2) is 12.2 Å². The van der Waals surface area contributed by atoms with E-state index in [0.29, 0.717) is 17.4 Å². The Kier molecular flexibility index (Phi) is 39.3. The number of unbranched alkanes of at least 4 members (excludes halogenated alkanes) is 28. The molecule has 0 bridgehead atoms. The summed E-state index contributed by atoms with van der Waals surface area (Å²) in [6, 6.07) is 0. The molecule has 57 heavy (non-hydrogen) atoms. The number of carbonyl (C=O) groups is 2. The molecule has 0 amide bonds. The van der Waals surface area contributed by atoms with E-state index < -0.39 is 26.5 Å². The van der Waals surface area contributed by atoms with Gasteiger partial charge in [-0.05, 0) is 38.5 Å². The first kappa shape index (κ1) is 55.8. The third-order valence-corrected chi connectivity index (χ3v) is 11.5. The normalized spacial score (nSPS) is 13.6. The van der Waals surface area contributed by atoms with Crippen molar-refractivity contribution in [2.24, 2.45) is 0 Å². The standard InChI is InChI=1S/C47H92NO8P/c1-6-8-10-12-14-16-18-20-22-23-24-25-26-28-30-32-34-36-38-40-47(50)56-45(44-55-57(51,52)54-42-41-48(3,4)5)43-53-46(49)39-37-35-33-31-29-27-21-19-17-15-13-11-9-7-2/h19,21,45H,6-18,20,22-44H2,1-5H3/p+1/b21-19+/t45-/m1/s1. The molecule has 0 saturated carbocycles. The maximum absolute atomic E-state index is 12.7. The minimum absolute atomic E-state index is 0.0337. The monoisotopic (exact) mass is 831 g/mol. The van der Waals surface area contributed by atoms with Crippen molar-refractivity contribution in [3.63, 3.8) is 0 Å². The number of phosphoric acid groups is 1. The van der Waals surface area contributed by atoms with E-state index in [1.807, 2.05) is 21.1 Å².